The molecular formula is C19H38IN5O2. The molecule has 7 nitrogen and oxygen atoms in total. The molecule has 1 amide bonds. The summed E-state index contributed by atoms with van der Waals surface area (Å²) in [6, 6.07) is 1.09. The summed E-state index contributed by atoms with van der Waals surface area (Å²) in [5.74, 6) is 1.15. The van der Waals surface area contributed by atoms with Crippen molar-refractivity contribution in [1.29, 1.82) is 0 Å². The Morgan fingerprint density at radius 2 is 2.04 bits per heavy atom. The Balaban J connectivity index is 0.00000364. The van der Waals surface area contributed by atoms with Crippen LogP contribution in [0.4, 0.5) is 0 Å². The van der Waals surface area contributed by atoms with Crippen molar-refractivity contribution >= 4 is 35.8 Å². The number of morpholine rings is 1. The smallest absolute Gasteiger partial charge is 0.225 e. The van der Waals surface area contributed by atoms with Crippen molar-refractivity contribution in [2.24, 2.45) is 10.9 Å². The van der Waals surface area contributed by atoms with Crippen molar-refractivity contribution in [1.82, 2.24) is 20.4 Å². The monoisotopic (exact) mass is 495 g/mol. The second-order valence-corrected chi connectivity index (χ2v) is 7.80. The molecule has 0 spiro atoms. The van der Waals surface area contributed by atoms with E-state index in [1.54, 1.807) is 0 Å². The molecule has 2 rings (SSSR count). The number of carbonyl (C=O) groups is 1. The first kappa shape index (κ1) is 24.4. The quantitative estimate of drug-likeness (QED) is 0.333. The van der Waals surface area contributed by atoms with E-state index in [9.17, 15) is 4.79 Å². The first-order chi connectivity index (χ1) is 12.4. The number of hydrogen-bond acceptors (Lipinski definition) is 4. The number of amides is 1. The number of hydrogen-bond donors (Lipinski definition) is 2. The molecule has 0 aromatic carbocycles. The first-order valence-corrected chi connectivity index (χ1v) is 10.1. The Morgan fingerprint density at radius 3 is 2.67 bits per heavy atom. The lowest BCUT2D eigenvalue weighted by Crippen LogP contribution is -2.50. The number of ether oxygens (including phenoxy) is 1. The summed E-state index contributed by atoms with van der Waals surface area (Å²) in [5, 5.41) is 6.85. The molecule has 3 atom stereocenters. The number of guanidine groups is 1. The lowest BCUT2D eigenvalue weighted by atomic mass is 10.2. The summed E-state index contributed by atoms with van der Waals surface area (Å²) < 4.78 is 5.53. The summed E-state index contributed by atoms with van der Waals surface area (Å²) in [5.41, 5.74) is 0. The van der Waals surface area contributed by atoms with Gasteiger partial charge in [0, 0.05) is 50.2 Å². The van der Waals surface area contributed by atoms with E-state index < -0.39 is 0 Å². The minimum absolute atomic E-state index is 0. The maximum Gasteiger partial charge on any atom is 0.225 e. The number of carbonyl (C=O) groups excluding carboxylic acids is 1. The Kier molecular flexibility index (Phi) is 10.9. The summed E-state index contributed by atoms with van der Waals surface area (Å²) in [6.45, 7) is 16.2. The van der Waals surface area contributed by atoms with Crippen LogP contribution >= 0.6 is 24.0 Å². The van der Waals surface area contributed by atoms with Crippen LogP contribution in [0.1, 0.15) is 41.0 Å². The van der Waals surface area contributed by atoms with Crippen molar-refractivity contribution in [2.75, 3.05) is 45.9 Å². The predicted octanol–water partition coefficient (Wildman–Crippen LogP) is 1.53. The van der Waals surface area contributed by atoms with Gasteiger partial charge < -0.3 is 20.3 Å². The minimum atomic E-state index is 0. The zero-order valence-electron chi connectivity index (χ0n) is 17.5. The van der Waals surface area contributed by atoms with Crippen molar-refractivity contribution in [3.63, 3.8) is 0 Å². The fourth-order valence-electron chi connectivity index (χ4n) is 3.68. The number of nitrogens with zero attached hydrogens (tertiary/aromatic N) is 3. The van der Waals surface area contributed by atoms with Crippen LogP contribution in [0, 0.1) is 5.92 Å². The summed E-state index contributed by atoms with van der Waals surface area (Å²) in [6.07, 6.45) is 0.971. The first-order valence-electron chi connectivity index (χ1n) is 10.1. The highest BCUT2D eigenvalue weighted by atomic mass is 127. The third kappa shape index (κ3) is 7.38. The van der Waals surface area contributed by atoms with Crippen LogP contribution in [-0.2, 0) is 9.53 Å². The molecule has 8 heteroatoms. The van der Waals surface area contributed by atoms with Crippen LogP contribution in [-0.4, -0.2) is 85.7 Å². The summed E-state index contributed by atoms with van der Waals surface area (Å²) in [4.78, 5) is 21.4. The van der Waals surface area contributed by atoms with Crippen molar-refractivity contribution in [2.45, 2.75) is 59.2 Å². The molecule has 3 unspecified atom stereocenters. The number of likely N-dealkylation sites (tertiary alicyclic amines) is 1. The molecule has 0 aromatic rings. The molecule has 2 saturated heterocycles. The molecule has 27 heavy (non-hydrogen) atoms. The van der Waals surface area contributed by atoms with Crippen molar-refractivity contribution in [3.05, 3.63) is 0 Å². The van der Waals surface area contributed by atoms with Gasteiger partial charge >= 0.3 is 0 Å². The summed E-state index contributed by atoms with van der Waals surface area (Å²) >= 11 is 0. The maximum absolute atomic E-state index is 12.2. The number of halogens is 1. The van der Waals surface area contributed by atoms with E-state index in [2.05, 4.69) is 36.3 Å². The largest absolute Gasteiger partial charge is 0.379 e. The van der Waals surface area contributed by atoms with E-state index in [1.165, 1.54) is 0 Å². The van der Waals surface area contributed by atoms with Gasteiger partial charge in [0.1, 0.15) is 0 Å². The van der Waals surface area contributed by atoms with Gasteiger partial charge in [-0.25, -0.2) is 0 Å². The van der Waals surface area contributed by atoms with Crippen LogP contribution in [0.15, 0.2) is 4.99 Å². The second kappa shape index (κ2) is 12.1. The van der Waals surface area contributed by atoms with Crippen molar-refractivity contribution < 1.29 is 9.53 Å². The fraction of sp³-hybridized carbons (Fsp3) is 0.895. The van der Waals surface area contributed by atoms with E-state index in [0.29, 0.717) is 12.1 Å². The van der Waals surface area contributed by atoms with Gasteiger partial charge in [0.25, 0.3) is 0 Å². The lowest BCUT2D eigenvalue weighted by Gasteiger charge is -2.37. The van der Waals surface area contributed by atoms with Gasteiger partial charge in [0.05, 0.1) is 19.8 Å². The highest BCUT2D eigenvalue weighted by molar-refractivity contribution is 14.0. The zero-order chi connectivity index (χ0) is 19.1. The van der Waals surface area contributed by atoms with E-state index in [1.807, 2.05) is 18.7 Å². The van der Waals surface area contributed by atoms with Crippen LogP contribution in [0.5, 0.6) is 0 Å². The molecule has 2 fully saturated rings. The SMILES string of the molecule is CCNC(=NCC(C)N1CCOCC1C)NC1CCN(C(=O)C(C)C)C1.I. The molecule has 2 aliphatic heterocycles. The lowest BCUT2D eigenvalue weighted by molar-refractivity contribution is -0.133. The van der Waals surface area contributed by atoms with Crippen LogP contribution in [0.25, 0.3) is 0 Å². The highest BCUT2D eigenvalue weighted by Gasteiger charge is 2.28. The Bertz CT molecular complexity index is 489. The number of nitrogens with one attached hydrogen (secondary N) is 2. The van der Waals surface area contributed by atoms with Gasteiger partial charge in [-0.2, -0.15) is 0 Å². The molecule has 2 heterocycles. The standard InChI is InChI=1S/C19H37N5O2.HI/c1-6-20-19(21-11-15(4)24-9-10-26-13-16(24)5)22-17-7-8-23(12-17)18(25)14(2)3;/h14-17H,6-13H2,1-5H3,(H2,20,21,22);1H. The topological polar surface area (TPSA) is 69.2 Å². The van der Waals surface area contributed by atoms with Crippen LogP contribution in [0.2, 0.25) is 0 Å². The van der Waals surface area contributed by atoms with Gasteiger partial charge in [-0.05, 0) is 27.2 Å². The van der Waals surface area contributed by atoms with Gasteiger partial charge in [0.2, 0.25) is 5.91 Å². The molecular weight excluding hydrogens is 457 g/mol. The minimum Gasteiger partial charge on any atom is -0.379 e. The van der Waals surface area contributed by atoms with Crippen LogP contribution < -0.4 is 10.6 Å². The van der Waals surface area contributed by atoms with Crippen LogP contribution in [0.3, 0.4) is 0 Å². The van der Waals surface area contributed by atoms with Gasteiger partial charge in [-0.1, -0.05) is 13.8 Å². The molecule has 0 radical (unpaired) electrons. The van der Waals surface area contributed by atoms with E-state index in [-0.39, 0.29) is 41.8 Å². The second-order valence-electron chi connectivity index (χ2n) is 7.80. The fourth-order valence-corrected chi connectivity index (χ4v) is 3.68. The summed E-state index contributed by atoms with van der Waals surface area (Å²) in [7, 11) is 0. The molecule has 0 saturated carbocycles. The number of aliphatic imine (C=N–C) groups is 1. The molecule has 0 bridgehead atoms. The average Bonchev–Trinajstić information content (AvgIpc) is 3.07. The molecule has 0 aromatic heterocycles. The van der Waals surface area contributed by atoms with E-state index >= 15 is 0 Å². The molecule has 2 aliphatic rings. The molecule has 158 valence electrons. The highest BCUT2D eigenvalue weighted by Crippen LogP contribution is 2.13. The van der Waals surface area contributed by atoms with E-state index in [4.69, 9.17) is 9.73 Å². The number of rotatable bonds is 6. The van der Waals surface area contributed by atoms with Crippen molar-refractivity contribution in [3.8, 4) is 0 Å². The zero-order valence-corrected chi connectivity index (χ0v) is 19.9. The average molecular weight is 495 g/mol. The van der Waals surface area contributed by atoms with E-state index in [0.717, 1.165) is 58.3 Å². The third-order valence-electron chi connectivity index (χ3n) is 5.18. The third-order valence-corrected chi connectivity index (χ3v) is 5.18. The molecule has 0 aliphatic carbocycles. The maximum atomic E-state index is 12.2. The normalized spacial score (nSPS) is 25.3. The predicted molar refractivity (Wildman–Crippen MR) is 121 cm³/mol. The molecule has 2 N–H and O–H groups in total. The van der Waals surface area contributed by atoms with Gasteiger partial charge in [-0.15, -0.1) is 24.0 Å². The van der Waals surface area contributed by atoms with Gasteiger partial charge in [-0.3, -0.25) is 14.7 Å². The Morgan fingerprint density at radius 1 is 1.30 bits per heavy atom. The Labute approximate surface area is 181 Å². The van der Waals surface area contributed by atoms with Gasteiger partial charge in [0.15, 0.2) is 5.96 Å². The Hall–Kier alpha value is -0.610.